The van der Waals surface area contributed by atoms with Crippen LogP contribution in [0, 0.1) is 6.92 Å². The second-order valence-corrected chi connectivity index (χ2v) is 3.13. The van der Waals surface area contributed by atoms with Crippen LogP contribution in [-0.4, -0.2) is 9.89 Å². The molecule has 0 saturated heterocycles. The van der Waals surface area contributed by atoms with Crippen LogP contribution in [-0.2, 0) is 0 Å². The Labute approximate surface area is 74.7 Å². The molecule has 0 spiro atoms. The Balaban J connectivity index is 2.90. The first kappa shape index (κ1) is 7.43. The first-order valence-electron chi connectivity index (χ1n) is 3.58. The van der Waals surface area contributed by atoms with E-state index in [1.54, 1.807) is 6.07 Å². The summed E-state index contributed by atoms with van der Waals surface area (Å²) in [5.41, 5.74) is 1.80. The summed E-state index contributed by atoms with van der Waals surface area (Å²) in [6, 6.07) is 5.52. The molecule has 2 aromatic rings. The van der Waals surface area contributed by atoms with Crippen molar-refractivity contribution in [1.29, 1.82) is 0 Å². The predicted octanol–water partition coefficient (Wildman–Crippen LogP) is 1.71. The molecule has 1 heterocycles. The summed E-state index contributed by atoms with van der Waals surface area (Å²) in [5, 5.41) is 5.78. The van der Waals surface area contributed by atoms with Crippen molar-refractivity contribution in [3.8, 4) is 0 Å². The van der Waals surface area contributed by atoms with Crippen molar-refractivity contribution in [2.45, 2.75) is 6.92 Å². The zero-order valence-electron chi connectivity index (χ0n) is 6.58. The van der Waals surface area contributed by atoms with E-state index in [-0.39, 0.29) is 0 Å². The first-order valence-corrected chi connectivity index (χ1v) is 3.96. The van der Waals surface area contributed by atoms with Crippen LogP contribution >= 0.6 is 11.6 Å². The van der Waals surface area contributed by atoms with Gasteiger partial charge in [0.25, 0.3) is 0 Å². The fourth-order valence-corrected chi connectivity index (χ4v) is 1.44. The standard InChI is InChI=1S/C8H8ClN3/c1-5-7-4-6(9)2-3-8(7)12(10)11-5/h2-4H,10H2,1H3. The van der Waals surface area contributed by atoms with Crippen molar-refractivity contribution < 1.29 is 0 Å². The van der Waals surface area contributed by atoms with Gasteiger partial charge in [0.05, 0.1) is 11.2 Å². The Hall–Kier alpha value is -1.22. The van der Waals surface area contributed by atoms with Crippen molar-refractivity contribution in [2.75, 3.05) is 5.84 Å². The summed E-state index contributed by atoms with van der Waals surface area (Å²) in [7, 11) is 0. The third-order valence-electron chi connectivity index (χ3n) is 1.85. The van der Waals surface area contributed by atoms with E-state index in [9.17, 15) is 0 Å². The number of rotatable bonds is 0. The summed E-state index contributed by atoms with van der Waals surface area (Å²) >= 11 is 5.82. The highest BCUT2D eigenvalue weighted by Gasteiger charge is 2.04. The number of aromatic nitrogens is 2. The lowest BCUT2D eigenvalue weighted by atomic mass is 10.2. The molecule has 1 aromatic carbocycles. The molecule has 0 aliphatic carbocycles. The van der Waals surface area contributed by atoms with E-state index in [2.05, 4.69) is 5.10 Å². The Morgan fingerprint density at radius 3 is 3.00 bits per heavy atom. The third kappa shape index (κ3) is 0.940. The molecule has 0 aliphatic heterocycles. The molecule has 0 aliphatic rings. The van der Waals surface area contributed by atoms with Gasteiger partial charge >= 0.3 is 0 Å². The first-order chi connectivity index (χ1) is 5.68. The fourth-order valence-electron chi connectivity index (χ4n) is 1.27. The quantitative estimate of drug-likeness (QED) is 0.629. The smallest absolute Gasteiger partial charge is 0.0919 e. The average Bonchev–Trinajstić information content (AvgIpc) is 2.28. The molecule has 62 valence electrons. The Morgan fingerprint density at radius 1 is 1.50 bits per heavy atom. The van der Waals surface area contributed by atoms with Gasteiger partial charge in [0.1, 0.15) is 0 Å². The fraction of sp³-hybridized carbons (Fsp3) is 0.125. The molecule has 0 saturated carbocycles. The van der Waals surface area contributed by atoms with E-state index in [0.29, 0.717) is 5.02 Å². The van der Waals surface area contributed by atoms with Crippen LogP contribution in [0.25, 0.3) is 10.9 Å². The van der Waals surface area contributed by atoms with Crippen molar-refractivity contribution in [1.82, 2.24) is 9.89 Å². The third-order valence-corrected chi connectivity index (χ3v) is 2.09. The van der Waals surface area contributed by atoms with Crippen LogP contribution < -0.4 is 5.84 Å². The van der Waals surface area contributed by atoms with Crippen molar-refractivity contribution >= 4 is 22.5 Å². The van der Waals surface area contributed by atoms with Crippen LogP contribution in [0.2, 0.25) is 5.02 Å². The highest BCUT2D eigenvalue weighted by molar-refractivity contribution is 6.31. The largest absolute Gasteiger partial charge is 0.323 e. The average molecular weight is 182 g/mol. The van der Waals surface area contributed by atoms with Gasteiger partial charge in [0.15, 0.2) is 0 Å². The Kier molecular flexibility index (Phi) is 1.48. The molecule has 0 radical (unpaired) electrons. The number of hydrogen-bond acceptors (Lipinski definition) is 2. The molecular formula is C8H8ClN3. The van der Waals surface area contributed by atoms with Gasteiger partial charge in [-0.25, -0.2) is 0 Å². The summed E-state index contributed by atoms with van der Waals surface area (Å²) in [6.07, 6.45) is 0. The van der Waals surface area contributed by atoms with Crippen LogP contribution in [0.5, 0.6) is 0 Å². The molecule has 0 unspecified atom stereocenters. The summed E-state index contributed by atoms with van der Waals surface area (Å²) in [5.74, 6) is 5.59. The van der Waals surface area contributed by atoms with Gasteiger partial charge in [-0.15, -0.1) is 0 Å². The number of aryl methyl sites for hydroxylation is 1. The number of nitrogen functional groups attached to an aromatic ring is 1. The minimum atomic E-state index is 0.707. The van der Waals surface area contributed by atoms with Gasteiger partial charge < -0.3 is 5.84 Å². The molecule has 0 fully saturated rings. The van der Waals surface area contributed by atoms with E-state index in [4.69, 9.17) is 17.4 Å². The number of fused-ring (bicyclic) bond motifs is 1. The van der Waals surface area contributed by atoms with Crippen LogP contribution in [0.15, 0.2) is 18.2 Å². The molecule has 3 nitrogen and oxygen atoms in total. The molecule has 0 atom stereocenters. The lowest BCUT2D eigenvalue weighted by Gasteiger charge is -1.93. The van der Waals surface area contributed by atoms with Crippen LogP contribution in [0.1, 0.15) is 5.69 Å². The maximum absolute atomic E-state index is 5.82. The van der Waals surface area contributed by atoms with Gasteiger partial charge in [-0.1, -0.05) is 11.6 Å². The second-order valence-electron chi connectivity index (χ2n) is 2.69. The maximum Gasteiger partial charge on any atom is 0.0919 e. The molecule has 1 aromatic heterocycles. The summed E-state index contributed by atoms with van der Waals surface area (Å²) < 4.78 is 0. The zero-order valence-corrected chi connectivity index (χ0v) is 7.34. The topological polar surface area (TPSA) is 43.8 Å². The molecule has 2 N–H and O–H groups in total. The summed E-state index contributed by atoms with van der Waals surface area (Å²) in [4.78, 5) is 1.36. The normalized spacial score (nSPS) is 10.8. The zero-order chi connectivity index (χ0) is 8.72. The summed E-state index contributed by atoms with van der Waals surface area (Å²) in [6.45, 7) is 1.90. The SMILES string of the molecule is Cc1nn(N)c2ccc(Cl)cc12. The Morgan fingerprint density at radius 2 is 2.25 bits per heavy atom. The molecule has 4 heteroatoms. The number of nitrogens with two attached hydrogens (primary N) is 1. The minimum Gasteiger partial charge on any atom is -0.323 e. The van der Waals surface area contributed by atoms with Gasteiger partial charge in [-0.05, 0) is 25.1 Å². The lowest BCUT2D eigenvalue weighted by Crippen LogP contribution is -2.09. The van der Waals surface area contributed by atoms with Crippen molar-refractivity contribution in [3.63, 3.8) is 0 Å². The number of nitrogens with zero attached hydrogens (tertiary/aromatic N) is 2. The molecule has 2 rings (SSSR count). The maximum atomic E-state index is 5.82. The number of hydrogen-bond donors (Lipinski definition) is 1. The van der Waals surface area contributed by atoms with E-state index >= 15 is 0 Å². The molecule has 0 bridgehead atoms. The number of benzene rings is 1. The van der Waals surface area contributed by atoms with Gasteiger partial charge in [-0.3, -0.25) is 0 Å². The van der Waals surface area contributed by atoms with E-state index in [0.717, 1.165) is 16.6 Å². The monoisotopic (exact) mass is 181 g/mol. The highest BCUT2D eigenvalue weighted by atomic mass is 35.5. The van der Waals surface area contributed by atoms with Gasteiger partial charge in [-0.2, -0.15) is 9.89 Å². The predicted molar refractivity (Wildman–Crippen MR) is 49.6 cm³/mol. The van der Waals surface area contributed by atoms with E-state index < -0.39 is 0 Å². The van der Waals surface area contributed by atoms with E-state index in [1.165, 1.54) is 4.79 Å². The molecular weight excluding hydrogens is 174 g/mol. The molecule has 0 amide bonds. The lowest BCUT2D eigenvalue weighted by molar-refractivity contribution is 0.844. The minimum absolute atomic E-state index is 0.707. The second kappa shape index (κ2) is 2.38. The van der Waals surface area contributed by atoms with Gasteiger partial charge in [0.2, 0.25) is 0 Å². The van der Waals surface area contributed by atoms with Crippen molar-refractivity contribution in [3.05, 3.63) is 28.9 Å². The molecule has 12 heavy (non-hydrogen) atoms. The van der Waals surface area contributed by atoms with Crippen LogP contribution in [0.3, 0.4) is 0 Å². The van der Waals surface area contributed by atoms with Crippen LogP contribution in [0.4, 0.5) is 0 Å². The Bertz CT molecular complexity index is 433. The van der Waals surface area contributed by atoms with Crippen molar-refractivity contribution in [2.24, 2.45) is 0 Å². The highest BCUT2D eigenvalue weighted by Crippen LogP contribution is 2.20. The van der Waals surface area contributed by atoms with E-state index in [1.807, 2.05) is 19.1 Å². The van der Waals surface area contributed by atoms with Gasteiger partial charge in [0, 0.05) is 10.4 Å². The number of halogens is 1.